The van der Waals surface area contributed by atoms with E-state index in [0.717, 1.165) is 96.3 Å². The van der Waals surface area contributed by atoms with Gasteiger partial charge in [0, 0.05) is 12.8 Å². The number of hydrogen-bond acceptors (Lipinski definition) is 7. The summed E-state index contributed by atoms with van der Waals surface area (Å²) < 4.78 is 34.7. The fourth-order valence-corrected chi connectivity index (χ4v) is 10.9. The van der Waals surface area contributed by atoms with Gasteiger partial charge in [0.05, 0.1) is 27.7 Å². The molecule has 0 aromatic rings. The molecule has 0 amide bonds. The number of unbranched alkanes of at least 4 members (excludes halogenated alkanes) is 36. The van der Waals surface area contributed by atoms with Gasteiger partial charge in [0.2, 0.25) is 0 Å². The molecule has 86 heavy (non-hydrogen) atoms. The van der Waals surface area contributed by atoms with E-state index >= 15 is 0 Å². The Hall–Kier alpha value is -3.07. The topological polar surface area (TPSA) is 108 Å². The van der Waals surface area contributed by atoms with E-state index in [9.17, 15) is 19.0 Å². The van der Waals surface area contributed by atoms with E-state index in [4.69, 9.17) is 18.5 Å². The molecule has 0 aliphatic heterocycles. The lowest BCUT2D eigenvalue weighted by molar-refractivity contribution is -0.870. The van der Waals surface area contributed by atoms with Crippen molar-refractivity contribution in [2.45, 2.75) is 328 Å². The van der Waals surface area contributed by atoms with Gasteiger partial charge in [-0.05, 0) is 96.3 Å². The van der Waals surface area contributed by atoms with Gasteiger partial charge < -0.3 is 18.9 Å². The normalized spacial score (nSPS) is 13.7. The number of carbonyl (C=O) groups is 2. The lowest BCUT2D eigenvalue weighted by Crippen LogP contribution is -2.37. The molecular weight excluding hydrogens is 1090 g/mol. The fourth-order valence-electron chi connectivity index (χ4n) is 10.1. The van der Waals surface area contributed by atoms with Crippen LogP contribution < -0.4 is 0 Å². The highest BCUT2D eigenvalue weighted by Crippen LogP contribution is 2.43. The molecule has 1 N–H and O–H groups in total. The minimum Gasteiger partial charge on any atom is -0.462 e. The van der Waals surface area contributed by atoms with E-state index in [0.29, 0.717) is 17.4 Å². The number of phosphoric ester groups is 1. The van der Waals surface area contributed by atoms with E-state index in [1.807, 2.05) is 21.1 Å². The van der Waals surface area contributed by atoms with E-state index in [1.54, 1.807) is 0 Å². The van der Waals surface area contributed by atoms with Crippen molar-refractivity contribution in [1.82, 2.24) is 0 Å². The zero-order valence-corrected chi connectivity index (χ0v) is 57.7. The second-order valence-electron chi connectivity index (χ2n) is 25.2. The molecule has 9 nitrogen and oxygen atoms in total. The number of ether oxygens (including phenoxy) is 2. The third-order valence-electron chi connectivity index (χ3n) is 15.6. The number of nitrogens with zero attached hydrogens (tertiary/aromatic N) is 1. The molecule has 0 bridgehead atoms. The second kappa shape index (κ2) is 66.4. The van der Waals surface area contributed by atoms with Crippen LogP contribution in [0.1, 0.15) is 322 Å². The summed E-state index contributed by atoms with van der Waals surface area (Å²) in [5, 5.41) is 0. The van der Waals surface area contributed by atoms with Crippen LogP contribution in [0.5, 0.6) is 0 Å². The van der Waals surface area contributed by atoms with Crippen LogP contribution in [0, 0.1) is 0 Å². The number of esters is 2. The van der Waals surface area contributed by atoms with Crippen molar-refractivity contribution in [2.24, 2.45) is 0 Å². The fraction of sp³-hybridized carbons (Fsp3) is 0.763. The largest absolute Gasteiger partial charge is 0.472 e. The van der Waals surface area contributed by atoms with Gasteiger partial charge in [0.1, 0.15) is 19.8 Å². The van der Waals surface area contributed by atoms with Crippen molar-refractivity contribution in [3.63, 3.8) is 0 Å². The molecule has 0 aromatic carbocycles. The molecule has 0 aromatic heterocycles. The predicted octanol–water partition coefficient (Wildman–Crippen LogP) is 23.5. The van der Waals surface area contributed by atoms with Gasteiger partial charge in [-0.3, -0.25) is 18.6 Å². The highest BCUT2D eigenvalue weighted by atomic mass is 31.2. The van der Waals surface area contributed by atoms with Gasteiger partial charge in [-0.1, -0.05) is 310 Å². The van der Waals surface area contributed by atoms with Gasteiger partial charge in [0.15, 0.2) is 6.10 Å². The van der Waals surface area contributed by atoms with Crippen molar-refractivity contribution in [2.75, 3.05) is 47.5 Å². The van der Waals surface area contributed by atoms with Crippen molar-refractivity contribution in [3.05, 3.63) is 97.2 Å². The summed E-state index contributed by atoms with van der Waals surface area (Å²) in [6, 6.07) is 0. The first-order valence-corrected chi connectivity index (χ1v) is 37.5. The zero-order valence-electron chi connectivity index (χ0n) is 56.8. The number of hydrogen-bond donors (Lipinski definition) is 1. The quantitative estimate of drug-likeness (QED) is 0.0211. The van der Waals surface area contributed by atoms with Crippen LogP contribution in [-0.2, 0) is 32.7 Å². The second-order valence-corrected chi connectivity index (χ2v) is 26.7. The lowest BCUT2D eigenvalue weighted by Gasteiger charge is -2.24. The molecular formula is C76H137NO8P+. The molecule has 10 heteroatoms. The molecule has 0 radical (unpaired) electrons. The Morgan fingerprint density at radius 2 is 0.663 bits per heavy atom. The monoisotopic (exact) mass is 1220 g/mol. The number of rotatable bonds is 66. The Balaban J connectivity index is 3.93. The molecule has 0 aliphatic carbocycles. The van der Waals surface area contributed by atoms with E-state index < -0.39 is 26.5 Å². The van der Waals surface area contributed by atoms with Gasteiger partial charge in [0.25, 0.3) is 0 Å². The molecule has 0 heterocycles. The molecule has 498 valence electrons. The van der Waals surface area contributed by atoms with Crippen molar-refractivity contribution in [3.8, 4) is 0 Å². The summed E-state index contributed by atoms with van der Waals surface area (Å²) in [6.07, 6.45) is 92.5. The molecule has 0 saturated carbocycles. The summed E-state index contributed by atoms with van der Waals surface area (Å²) in [4.78, 5) is 35.8. The first kappa shape index (κ1) is 82.9. The first-order valence-electron chi connectivity index (χ1n) is 36.0. The molecule has 0 rings (SSSR count). The summed E-state index contributed by atoms with van der Waals surface area (Å²) >= 11 is 0. The molecule has 0 fully saturated rings. The Kier molecular flexibility index (Phi) is 64.0. The predicted molar refractivity (Wildman–Crippen MR) is 372 cm³/mol. The average molecular weight is 1220 g/mol. The summed E-state index contributed by atoms with van der Waals surface area (Å²) in [6.45, 7) is 4.31. The standard InChI is InChI=1S/C76H136NO8P/c1-6-8-10-12-14-16-18-20-22-24-26-28-29-30-31-32-33-34-35-36-37-38-39-40-41-42-43-44-45-46-47-49-50-52-54-56-58-60-62-64-66-68-75(78)82-72-74(73-84-86(80,81)83-71-70-77(3,4)5)85-76(79)69-67-65-63-61-59-57-55-53-51-48-27-25-23-21-19-17-15-13-11-9-7-2/h9,11,15,17-18,20-21,23-24,26-27,29-30,48,53,55,74H,6-8,10,12-14,16,19,22,25,28,31-47,49-52,54,56-73H2,1-5H3/p+1/b11-9-,17-15-,20-18-,23-21-,26-24-,30-29-,48-27-,55-53-. The first-order chi connectivity index (χ1) is 42.0. The van der Waals surface area contributed by atoms with Gasteiger partial charge in [-0.15, -0.1) is 0 Å². The summed E-state index contributed by atoms with van der Waals surface area (Å²) in [7, 11) is 1.46. The van der Waals surface area contributed by atoms with Crippen LogP contribution >= 0.6 is 7.82 Å². The van der Waals surface area contributed by atoms with Crippen LogP contribution in [0.2, 0.25) is 0 Å². The van der Waals surface area contributed by atoms with Gasteiger partial charge in [-0.25, -0.2) is 4.57 Å². The molecule has 2 unspecified atom stereocenters. The van der Waals surface area contributed by atoms with Crippen LogP contribution in [0.15, 0.2) is 97.2 Å². The maximum absolute atomic E-state index is 12.8. The summed E-state index contributed by atoms with van der Waals surface area (Å²) in [5.41, 5.74) is 0. The van der Waals surface area contributed by atoms with E-state index in [2.05, 4.69) is 111 Å². The van der Waals surface area contributed by atoms with Gasteiger partial charge in [-0.2, -0.15) is 0 Å². The molecule has 0 saturated heterocycles. The number of phosphoric acid groups is 1. The van der Waals surface area contributed by atoms with Crippen molar-refractivity contribution < 1.29 is 42.1 Å². The number of carbonyl (C=O) groups excluding carboxylic acids is 2. The number of quaternary nitrogens is 1. The van der Waals surface area contributed by atoms with Crippen molar-refractivity contribution >= 4 is 19.8 Å². The van der Waals surface area contributed by atoms with E-state index in [-0.39, 0.29) is 32.0 Å². The maximum atomic E-state index is 12.8. The third kappa shape index (κ3) is 70.0. The minimum atomic E-state index is -4.40. The highest BCUT2D eigenvalue weighted by molar-refractivity contribution is 7.47. The maximum Gasteiger partial charge on any atom is 0.472 e. The summed E-state index contributed by atoms with van der Waals surface area (Å²) in [5.74, 6) is -0.812. The Morgan fingerprint density at radius 3 is 0.988 bits per heavy atom. The number of allylic oxidation sites excluding steroid dienone is 16. The van der Waals surface area contributed by atoms with Crippen LogP contribution in [0.25, 0.3) is 0 Å². The van der Waals surface area contributed by atoms with Crippen LogP contribution in [0.4, 0.5) is 0 Å². The number of likely N-dealkylation sites (N-methyl/N-ethyl adjacent to an activating group) is 1. The zero-order chi connectivity index (χ0) is 62.6. The Morgan fingerprint density at radius 1 is 0.372 bits per heavy atom. The lowest BCUT2D eigenvalue weighted by atomic mass is 10.0. The third-order valence-corrected chi connectivity index (χ3v) is 16.6. The van der Waals surface area contributed by atoms with Crippen LogP contribution in [0.3, 0.4) is 0 Å². The van der Waals surface area contributed by atoms with E-state index in [1.165, 1.54) is 193 Å². The van der Waals surface area contributed by atoms with Gasteiger partial charge >= 0.3 is 19.8 Å². The smallest absolute Gasteiger partial charge is 0.462 e. The molecule has 0 spiro atoms. The van der Waals surface area contributed by atoms with Crippen LogP contribution in [-0.4, -0.2) is 74.9 Å². The van der Waals surface area contributed by atoms with Crippen molar-refractivity contribution in [1.29, 1.82) is 0 Å². The Bertz CT molecular complexity index is 1770. The Labute approximate surface area is 532 Å². The molecule has 2 atom stereocenters. The highest BCUT2D eigenvalue weighted by Gasteiger charge is 2.27. The SMILES string of the molecule is CC/C=C\C/C=C\C/C=C\C/C=C\C/C=C\CCCCCCCC(=O)OC(COC(=O)CCCCCCCCCCCCCCCCCCCCCCCCCCCC/C=C\C/C=C\C/C=C\CCCCCCC)COP(=O)(O)OCC[N+](C)(C)C. The average Bonchev–Trinajstić information content (AvgIpc) is 3.67. The molecule has 0 aliphatic rings. The minimum absolute atomic E-state index is 0.0249.